The van der Waals surface area contributed by atoms with E-state index in [1.54, 1.807) is 11.8 Å². The first-order valence-electron chi connectivity index (χ1n) is 6.02. The predicted molar refractivity (Wildman–Crippen MR) is 76.4 cm³/mol. The number of aliphatic hydroxyl groups excluding tert-OH is 1. The highest BCUT2D eigenvalue weighted by atomic mass is 32.2. The Bertz CT molecular complexity index is 643. The molecule has 0 saturated carbocycles. The van der Waals surface area contributed by atoms with E-state index < -0.39 is 22.4 Å². The minimum absolute atomic E-state index is 0.0530. The Hall–Kier alpha value is -1.07. The highest BCUT2D eigenvalue weighted by Crippen LogP contribution is 2.21. The molecule has 0 radical (unpaired) electrons. The number of hydrogen-bond donors (Lipinski definition) is 2. The minimum Gasteiger partial charge on any atom is -0.384 e. The normalized spacial score (nSPS) is 18.6. The summed E-state index contributed by atoms with van der Waals surface area (Å²) in [5, 5.41) is 8.69. The molecule has 108 valence electrons. The van der Waals surface area contributed by atoms with E-state index in [-0.39, 0.29) is 16.5 Å². The molecule has 1 saturated heterocycles. The summed E-state index contributed by atoms with van der Waals surface area (Å²) in [6, 6.07) is 3.23. The molecule has 20 heavy (non-hydrogen) atoms. The third kappa shape index (κ3) is 3.73. The minimum atomic E-state index is -3.74. The van der Waals surface area contributed by atoms with E-state index in [9.17, 15) is 12.8 Å². The molecule has 0 bridgehead atoms. The zero-order valence-electron chi connectivity index (χ0n) is 10.6. The largest absolute Gasteiger partial charge is 0.384 e. The Morgan fingerprint density at radius 1 is 1.50 bits per heavy atom. The Morgan fingerprint density at radius 2 is 2.30 bits per heavy atom. The maximum Gasteiger partial charge on any atom is 0.242 e. The van der Waals surface area contributed by atoms with Crippen LogP contribution in [0.25, 0.3) is 0 Å². The van der Waals surface area contributed by atoms with Gasteiger partial charge in [0, 0.05) is 17.4 Å². The summed E-state index contributed by atoms with van der Waals surface area (Å²) in [5.74, 6) is 5.90. The predicted octanol–water partition coefficient (Wildman–Crippen LogP) is 0.953. The Balaban J connectivity index is 2.34. The summed E-state index contributed by atoms with van der Waals surface area (Å²) in [4.78, 5) is -0.0586. The van der Waals surface area contributed by atoms with Crippen molar-refractivity contribution in [1.29, 1.82) is 0 Å². The van der Waals surface area contributed by atoms with Gasteiger partial charge in [0.15, 0.2) is 0 Å². The van der Waals surface area contributed by atoms with Crippen LogP contribution in [0, 0.1) is 17.7 Å². The fourth-order valence-electron chi connectivity index (χ4n) is 1.88. The van der Waals surface area contributed by atoms with E-state index in [4.69, 9.17) is 5.11 Å². The standard InChI is InChI=1S/C13H14FNO3S2/c14-11-3-4-13(10(8-11)2-1-6-16)20(17,18)15-12-5-7-19-9-12/h3-4,8,12,15-16H,5-7,9H2. The maximum absolute atomic E-state index is 13.2. The summed E-state index contributed by atoms with van der Waals surface area (Å²) >= 11 is 1.69. The van der Waals surface area contributed by atoms with Gasteiger partial charge in [-0.15, -0.1) is 0 Å². The van der Waals surface area contributed by atoms with Gasteiger partial charge in [-0.05, 0) is 30.4 Å². The van der Waals surface area contributed by atoms with Gasteiger partial charge in [-0.25, -0.2) is 17.5 Å². The van der Waals surface area contributed by atoms with Crippen LogP contribution < -0.4 is 4.72 Å². The SMILES string of the molecule is O=S(=O)(NC1CCSC1)c1ccc(F)cc1C#CCO. The third-order valence-corrected chi connectivity index (χ3v) is 5.53. The van der Waals surface area contributed by atoms with Crippen LogP contribution in [0.4, 0.5) is 4.39 Å². The van der Waals surface area contributed by atoms with Crippen molar-refractivity contribution < 1.29 is 17.9 Å². The monoisotopic (exact) mass is 315 g/mol. The van der Waals surface area contributed by atoms with Crippen LogP contribution in [0.5, 0.6) is 0 Å². The summed E-state index contributed by atoms with van der Waals surface area (Å²) in [6.07, 6.45) is 0.780. The summed E-state index contributed by atoms with van der Waals surface area (Å²) < 4.78 is 40.4. The molecule has 1 unspecified atom stereocenters. The summed E-state index contributed by atoms with van der Waals surface area (Å²) in [6.45, 7) is -0.414. The highest BCUT2D eigenvalue weighted by Gasteiger charge is 2.25. The van der Waals surface area contributed by atoms with E-state index in [0.29, 0.717) is 0 Å². The number of rotatable bonds is 3. The molecule has 0 amide bonds. The van der Waals surface area contributed by atoms with Crippen LogP contribution in [0.1, 0.15) is 12.0 Å². The smallest absolute Gasteiger partial charge is 0.242 e. The van der Waals surface area contributed by atoms with Crippen molar-refractivity contribution in [2.45, 2.75) is 17.4 Å². The molecule has 2 N–H and O–H groups in total. The van der Waals surface area contributed by atoms with Gasteiger partial charge < -0.3 is 5.11 Å². The molecule has 2 rings (SSSR count). The Labute approximate surface area is 121 Å². The Kier molecular flexibility index (Phi) is 5.05. The lowest BCUT2D eigenvalue weighted by Gasteiger charge is -2.13. The number of aliphatic hydroxyl groups is 1. The van der Waals surface area contributed by atoms with Crippen LogP contribution in [-0.2, 0) is 10.0 Å². The maximum atomic E-state index is 13.2. The van der Waals surface area contributed by atoms with E-state index >= 15 is 0 Å². The summed E-state index contributed by atoms with van der Waals surface area (Å²) in [5.41, 5.74) is 0.0530. The molecule has 0 aromatic heterocycles. The molecule has 0 aliphatic carbocycles. The third-order valence-electron chi connectivity index (χ3n) is 2.78. The van der Waals surface area contributed by atoms with Crippen molar-refractivity contribution in [3.05, 3.63) is 29.6 Å². The second-order valence-corrected chi connectivity index (χ2v) is 7.11. The van der Waals surface area contributed by atoms with Crippen molar-refractivity contribution in [2.75, 3.05) is 18.1 Å². The van der Waals surface area contributed by atoms with Crippen LogP contribution >= 0.6 is 11.8 Å². The van der Waals surface area contributed by atoms with Gasteiger partial charge in [0.1, 0.15) is 12.4 Å². The second-order valence-electron chi connectivity index (χ2n) is 4.28. The lowest BCUT2D eigenvalue weighted by Crippen LogP contribution is -2.35. The van der Waals surface area contributed by atoms with Gasteiger partial charge in [0.25, 0.3) is 0 Å². The molecule has 1 atom stereocenters. The van der Waals surface area contributed by atoms with Crippen LogP contribution in [0.15, 0.2) is 23.1 Å². The molecule has 1 heterocycles. The number of sulfonamides is 1. The van der Waals surface area contributed by atoms with Gasteiger partial charge in [0.05, 0.1) is 4.90 Å². The number of nitrogens with one attached hydrogen (secondary N) is 1. The van der Waals surface area contributed by atoms with E-state index in [0.717, 1.165) is 30.1 Å². The molecule has 7 heteroatoms. The molecule has 1 aliphatic rings. The van der Waals surface area contributed by atoms with Crippen molar-refractivity contribution in [3.63, 3.8) is 0 Å². The Morgan fingerprint density at radius 3 is 2.95 bits per heavy atom. The molecular weight excluding hydrogens is 301 g/mol. The average Bonchev–Trinajstić information content (AvgIpc) is 2.88. The van der Waals surface area contributed by atoms with Gasteiger partial charge in [0.2, 0.25) is 10.0 Å². The average molecular weight is 315 g/mol. The first-order chi connectivity index (χ1) is 9.53. The van der Waals surface area contributed by atoms with Crippen LogP contribution in [0.2, 0.25) is 0 Å². The first-order valence-corrected chi connectivity index (χ1v) is 8.66. The number of halogens is 1. The number of hydrogen-bond acceptors (Lipinski definition) is 4. The molecule has 0 spiro atoms. The lowest BCUT2D eigenvalue weighted by atomic mass is 10.2. The zero-order valence-corrected chi connectivity index (χ0v) is 12.2. The van der Waals surface area contributed by atoms with Crippen molar-refractivity contribution >= 4 is 21.8 Å². The van der Waals surface area contributed by atoms with E-state index in [1.165, 1.54) is 6.07 Å². The van der Waals surface area contributed by atoms with Gasteiger partial charge >= 0.3 is 0 Å². The van der Waals surface area contributed by atoms with Crippen LogP contribution in [0.3, 0.4) is 0 Å². The quantitative estimate of drug-likeness (QED) is 0.815. The zero-order chi connectivity index (χ0) is 14.6. The number of benzene rings is 1. The summed E-state index contributed by atoms with van der Waals surface area (Å²) in [7, 11) is -3.74. The van der Waals surface area contributed by atoms with Crippen molar-refractivity contribution in [1.82, 2.24) is 4.72 Å². The van der Waals surface area contributed by atoms with Gasteiger partial charge in [-0.2, -0.15) is 11.8 Å². The molecule has 1 aromatic rings. The molecule has 1 aromatic carbocycles. The topological polar surface area (TPSA) is 66.4 Å². The van der Waals surface area contributed by atoms with Crippen LogP contribution in [-0.4, -0.2) is 37.7 Å². The number of thioether (sulfide) groups is 1. The highest BCUT2D eigenvalue weighted by molar-refractivity contribution is 7.99. The molecule has 1 aliphatic heterocycles. The molecular formula is C13H14FNO3S2. The van der Waals surface area contributed by atoms with Crippen molar-refractivity contribution in [3.8, 4) is 11.8 Å². The second kappa shape index (κ2) is 6.59. The fourth-order valence-corrected chi connectivity index (χ4v) is 4.55. The fraction of sp³-hybridized carbons (Fsp3) is 0.385. The molecule has 4 nitrogen and oxygen atoms in total. The lowest BCUT2D eigenvalue weighted by molar-refractivity contribution is 0.350. The first kappa shape index (κ1) is 15.3. The van der Waals surface area contributed by atoms with E-state index in [1.807, 2.05) is 0 Å². The van der Waals surface area contributed by atoms with Gasteiger partial charge in [-0.1, -0.05) is 11.8 Å². The van der Waals surface area contributed by atoms with Gasteiger partial charge in [-0.3, -0.25) is 0 Å². The molecule has 1 fully saturated rings. The van der Waals surface area contributed by atoms with Crippen molar-refractivity contribution in [2.24, 2.45) is 0 Å². The van der Waals surface area contributed by atoms with E-state index in [2.05, 4.69) is 16.6 Å².